The van der Waals surface area contributed by atoms with E-state index < -0.39 is 11.9 Å². The average molecular weight is 459 g/mol. The van der Waals surface area contributed by atoms with Crippen LogP contribution in [-0.4, -0.2) is 31.3 Å². The summed E-state index contributed by atoms with van der Waals surface area (Å²) in [4.78, 5) is 39.5. The molecule has 0 saturated carbocycles. The molecule has 0 aliphatic carbocycles. The minimum Gasteiger partial charge on any atom is -0.459 e. The second-order valence-corrected chi connectivity index (χ2v) is 8.73. The summed E-state index contributed by atoms with van der Waals surface area (Å²) in [6, 6.07) is 16.0. The van der Waals surface area contributed by atoms with E-state index in [1.807, 2.05) is 30.1 Å². The van der Waals surface area contributed by atoms with Crippen LogP contribution in [0.5, 0.6) is 0 Å². The second kappa shape index (κ2) is 9.02. The van der Waals surface area contributed by atoms with E-state index >= 15 is 0 Å². The number of carbonyl (C=O) groups is 3. The van der Waals surface area contributed by atoms with Crippen molar-refractivity contribution >= 4 is 29.0 Å². The van der Waals surface area contributed by atoms with E-state index in [-0.39, 0.29) is 29.1 Å². The Balaban J connectivity index is 1.43. The van der Waals surface area contributed by atoms with Crippen LogP contribution in [0.15, 0.2) is 77.1 Å². The average Bonchev–Trinajstić information content (AvgIpc) is 3.42. The van der Waals surface area contributed by atoms with Crippen LogP contribution < -0.4 is 10.2 Å². The number of benzene rings is 2. The first-order valence-electron chi connectivity index (χ1n) is 10.9. The van der Waals surface area contributed by atoms with Gasteiger partial charge in [-0.15, -0.1) is 0 Å². The molecule has 7 heteroatoms. The van der Waals surface area contributed by atoms with Crippen LogP contribution in [0.2, 0.25) is 0 Å². The molecule has 0 unspecified atom stereocenters. The number of fused-ring (bicyclic) bond motifs is 1. The van der Waals surface area contributed by atoms with Crippen molar-refractivity contribution < 1.29 is 23.5 Å². The van der Waals surface area contributed by atoms with Crippen molar-refractivity contribution in [1.82, 2.24) is 0 Å². The highest BCUT2D eigenvalue weighted by Crippen LogP contribution is 2.46. The molecule has 0 spiro atoms. The SMILES string of the molecule is Cc1ccc(C(=O)OCC(=O)/C=C2\N(C)c3ccccc3C2(C)C)cc1NC(=O)c1ccco1. The fourth-order valence-corrected chi connectivity index (χ4v) is 4.15. The first-order chi connectivity index (χ1) is 16.2. The summed E-state index contributed by atoms with van der Waals surface area (Å²) in [5, 5.41) is 2.72. The number of para-hydroxylation sites is 1. The number of anilines is 2. The largest absolute Gasteiger partial charge is 0.459 e. The number of aryl methyl sites for hydroxylation is 1. The molecule has 1 amide bonds. The molecule has 0 atom stereocenters. The molecule has 34 heavy (non-hydrogen) atoms. The fourth-order valence-electron chi connectivity index (χ4n) is 4.15. The first kappa shape index (κ1) is 23.0. The molecule has 1 aromatic heterocycles. The van der Waals surface area contributed by atoms with Gasteiger partial charge >= 0.3 is 5.97 Å². The van der Waals surface area contributed by atoms with Crippen LogP contribution in [0.4, 0.5) is 11.4 Å². The smallest absolute Gasteiger partial charge is 0.338 e. The Morgan fingerprint density at radius 2 is 1.85 bits per heavy atom. The van der Waals surface area contributed by atoms with Gasteiger partial charge in [-0.05, 0) is 48.4 Å². The lowest BCUT2D eigenvalue weighted by Gasteiger charge is -2.23. The summed E-state index contributed by atoms with van der Waals surface area (Å²) < 4.78 is 10.4. The third kappa shape index (κ3) is 4.37. The third-order valence-corrected chi connectivity index (χ3v) is 6.05. The number of furan rings is 1. The van der Waals surface area contributed by atoms with Crippen LogP contribution in [0.25, 0.3) is 0 Å². The number of amides is 1. The molecule has 174 valence electrons. The summed E-state index contributed by atoms with van der Waals surface area (Å²) in [6.07, 6.45) is 2.95. The number of hydrogen-bond acceptors (Lipinski definition) is 6. The van der Waals surface area contributed by atoms with Crippen molar-refractivity contribution in [3.05, 3.63) is 95.1 Å². The second-order valence-electron chi connectivity index (χ2n) is 8.73. The molecule has 7 nitrogen and oxygen atoms in total. The van der Waals surface area contributed by atoms with E-state index in [1.165, 1.54) is 18.4 Å². The number of ketones is 1. The Hall–Kier alpha value is -4.13. The Morgan fingerprint density at radius 1 is 1.09 bits per heavy atom. The quantitative estimate of drug-likeness (QED) is 0.418. The van der Waals surface area contributed by atoms with E-state index in [2.05, 4.69) is 25.2 Å². The predicted molar refractivity (Wildman–Crippen MR) is 129 cm³/mol. The minimum absolute atomic E-state index is 0.160. The summed E-state index contributed by atoms with van der Waals surface area (Å²) in [7, 11) is 1.92. The van der Waals surface area contributed by atoms with Gasteiger partial charge in [0.2, 0.25) is 0 Å². The number of rotatable bonds is 6. The first-order valence-corrected chi connectivity index (χ1v) is 10.9. The minimum atomic E-state index is -0.650. The third-order valence-electron chi connectivity index (χ3n) is 6.05. The highest BCUT2D eigenvalue weighted by molar-refractivity contribution is 6.03. The lowest BCUT2D eigenvalue weighted by molar-refractivity contribution is -0.117. The molecule has 0 bridgehead atoms. The van der Waals surface area contributed by atoms with Crippen molar-refractivity contribution in [3.8, 4) is 0 Å². The van der Waals surface area contributed by atoms with Gasteiger partial charge in [0.05, 0.1) is 11.8 Å². The van der Waals surface area contributed by atoms with Crippen LogP contribution in [0.1, 0.15) is 45.9 Å². The van der Waals surface area contributed by atoms with Gasteiger partial charge in [0.1, 0.15) is 0 Å². The zero-order valence-electron chi connectivity index (χ0n) is 19.5. The Morgan fingerprint density at radius 3 is 2.56 bits per heavy atom. The number of carbonyl (C=O) groups excluding carboxylic acids is 3. The molecule has 4 rings (SSSR count). The maximum Gasteiger partial charge on any atom is 0.338 e. The molecule has 0 fully saturated rings. The Labute approximate surface area is 198 Å². The Bertz CT molecular complexity index is 1290. The predicted octanol–water partition coefficient (Wildman–Crippen LogP) is 4.88. The molecular weight excluding hydrogens is 432 g/mol. The number of nitrogens with one attached hydrogen (secondary N) is 1. The lowest BCUT2D eigenvalue weighted by Crippen LogP contribution is -2.25. The zero-order chi connectivity index (χ0) is 24.5. The van der Waals surface area contributed by atoms with Gasteiger partial charge in [-0.1, -0.05) is 38.1 Å². The number of likely N-dealkylation sites (N-methyl/N-ethyl adjacent to an activating group) is 1. The van der Waals surface area contributed by atoms with Crippen LogP contribution in [0, 0.1) is 6.92 Å². The van der Waals surface area contributed by atoms with E-state index in [0.717, 1.165) is 22.5 Å². The molecule has 1 aliphatic heterocycles. The molecule has 0 saturated heterocycles. The number of esters is 1. The maximum absolute atomic E-state index is 12.7. The molecule has 0 radical (unpaired) electrons. The molecule has 1 aliphatic rings. The van der Waals surface area contributed by atoms with Gasteiger partial charge in [0.25, 0.3) is 5.91 Å². The number of hydrogen-bond donors (Lipinski definition) is 1. The summed E-state index contributed by atoms with van der Waals surface area (Å²) >= 11 is 0. The van der Waals surface area contributed by atoms with E-state index in [0.29, 0.717) is 5.69 Å². The number of allylic oxidation sites excluding steroid dienone is 1. The molecule has 3 aromatic rings. The normalized spacial score (nSPS) is 15.2. The Kier molecular flexibility index (Phi) is 6.11. The van der Waals surface area contributed by atoms with Crippen LogP contribution >= 0.6 is 0 Å². The molecular formula is C27H26N2O5. The fraction of sp³-hybridized carbons (Fsp3) is 0.222. The highest BCUT2D eigenvalue weighted by Gasteiger charge is 2.38. The lowest BCUT2D eigenvalue weighted by atomic mass is 9.83. The van der Waals surface area contributed by atoms with Gasteiger partial charge in [0, 0.05) is 35.6 Å². The summed E-state index contributed by atoms with van der Waals surface area (Å²) in [5.41, 5.74) is 4.13. The topological polar surface area (TPSA) is 88.9 Å². The maximum atomic E-state index is 12.7. The van der Waals surface area contributed by atoms with Crippen molar-refractivity contribution in [2.75, 3.05) is 23.9 Å². The van der Waals surface area contributed by atoms with Gasteiger partial charge in [-0.2, -0.15) is 0 Å². The van der Waals surface area contributed by atoms with Gasteiger partial charge in [0.15, 0.2) is 18.2 Å². The molecule has 2 aromatic carbocycles. The van der Waals surface area contributed by atoms with Crippen molar-refractivity contribution in [2.45, 2.75) is 26.2 Å². The van der Waals surface area contributed by atoms with Gasteiger partial charge in [-0.25, -0.2) is 4.79 Å². The molecule has 2 heterocycles. The van der Waals surface area contributed by atoms with Gasteiger partial charge < -0.3 is 19.4 Å². The number of nitrogens with zero attached hydrogens (tertiary/aromatic N) is 1. The highest BCUT2D eigenvalue weighted by atomic mass is 16.5. The van der Waals surface area contributed by atoms with Crippen molar-refractivity contribution in [2.24, 2.45) is 0 Å². The standard InChI is InChI=1S/C27H26N2O5/c1-17-11-12-18(14-21(17)28-25(31)23-10-7-13-33-23)26(32)34-16-19(30)15-24-27(2,3)20-8-5-6-9-22(20)29(24)4/h5-15H,16H2,1-4H3,(H,28,31)/b24-15-. The van der Waals surface area contributed by atoms with Crippen molar-refractivity contribution in [1.29, 1.82) is 0 Å². The monoisotopic (exact) mass is 458 g/mol. The van der Waals surface area contributed by atoms with E-state index in [4.69, 9.17) is 9.15 Å². The van der Waals surface area contributed by atoms with Crippen molar-refractivity contribution in [3.63, 3.8) is 0 Å². The molecule has 1 N–H and O–H groups in total. The van der Waals surface area contributed by atoms with Crippen LogP contribution in [-0.2, 0) is 14.9 Å². The van der Waals surface area contributed by atoms with Crippen LogP contribution in [0.3, 0.4) is 0 Å². The van der Waals surface area contributed by atoms with Gasteiger partial charge in [-0.3, -0.25) is 9.59 Å². The van der Waals surface area contributed by atoms with E-state index in [1.54, 1.807) is 31.2 Å². The zero-order valence-corrected chi connectivity index (χ0v) is 19.5. The summed E-state index contributed by atoms with van der Waals surface area (Å²) in [5.74, 6) is -1.23. The summed E-state index contributed by atoms with van der Waals surface area (Å²) in [6.45, 7) is 5.54. The van der Waals surface area contributed by atoms with E-state index in [9.17, 15) is 14.4 Å². The number of ether oxygens (including phenoxy) is 1.